The van der Waals surface area contributed by atoms with Crippen LogP contribution in [0.15, 0.2) is 12.3 Å². The predicted octanol–water partition coefficient (Wildman–Crippen LogP) is 0.855. The second-order valence-corrected chi connectivity index (χ2v) is 4.46. The van der Waals surface area contributed by atoms with Gasteiger partial charge in [-0.3, -0.25) is 4.79 Å². The minimum Gasteiger partial charge on any atom is -0.396 e. The first-order valence-corrected chi connectivity index (χ1v) is 5.95. The molecule has 17 heavy (non-hydrogen) atoms. The van der Waals surface area contributed by atoms with Crippen molar-refractivity contribution < 1.29 is 9.90 Å². The van der Waals surface area contributed by atoms with Crippen molar-refractivity contribution in [1.29, 1.82) is 0 Å². The SMILES string of the molecule is CC(CCO)NC(=O)c1ccnc(C2CC2)n1. The van der Waals surface area contributed by atoms with E-state index >= 15 is 0 Å². The number of hydrogen-bond acceptors (Lipinski definition) is 4. The lowest BCUT2D eigenvalue weighted by atomic mass is 10.2. The highest BCUT2D eigenvalue weighted by atomic mass is 16.3. The molecule has 1 saturated carbocycles. The van der Waals surface area contributed by atoms with Gasteiger partial charge in [0.1, 0.15) is 11.5 Å². The molecule has 0 aromatic carbocycles. The number of rotatable bonds is 5. The highest BCUT2D eigenvalue weighted by molar-refractivity contribution is 5.92. The van der Waals surface area contributed by atoms with Gasteiger partial charge in [-0.05, 0) is 32.3 Å². The zero-order valence-electron chi connectivity index (χ0n) is 9.89. The third kappa shape index (κ3) is 3.23. The number of nitrogens with zero attached hydrogens (tertiary/aromatic N) is 2. The molecule has 1 amide bonds. The summed E-state index contributed by atoms with van der Waals surface area (Å²) in [5.41, 5.74) is 0.409. The van der Waals surface area contributed by atoms with E-state index in [9.17, 15) is 4.79 Å². The van der Waals surface area contributed by atoms with Crippen molar-refractivity contribution in [1.82, 2.24) is 15.3 Å². The molecule has 1 aliphatic carbocycles. The van der Waals surface area contributed by atoms with Crippen LogP contribution in [0.1, 0.15) is 48.4 Å². The Hall–Kier alpha value is -1.49. The molecule has 0 radical (unpaired) electrons. The maximum Gasteiger partial charge on any atom is 0.270 e. The van der Waals surface area contributed by atoms with E-state index in [1.807, 2.05) is 6.92 Å². The van der Waals surface area contributed by atoms with Gasteiger partial charge in [0.05, 0.1) is 0 Å². The van der Waals surface area contributed by atoms with Crippen molar-refractivity contribution in [2.24, 2.45) is 0 Å². The average Bonchev–Trinajstić information content (AvgIpc) is 3.13. The Morgan fingerprint density at radius 3 is 3.06 bits per heavy atom. The Kier molecular flexibility index (Phi) is 3.68. The number of hydrogen-bond donors (Lipinski definition) is 2. The third-order valence-corrected chi connectivity index (χ3v) is 2.79. The van der Waals surface area contributed by atoms with Gasteiger partial charge in [-0.2, -0.15) is 0 Å². The monoisotopic (exact) mass is 235 g/mol. The molecule has 0 bridgehead atoms. The standard InChI is InChI=1S/C12H17N3O2/c1-8(5-7-16)14-12(17)10-4-6-13-11(15-10)9-2-3-9/h4,6,8-9,16H,2-3,5,7H2,1H3,(H,14,17). The van der Waals surface area contributed by atoms with Crippen molar-refractivity contribution >= 4 is 5.91 Å². The van der Waals surface area contributed by atoms with Crippen LogP contribution in [0.5, 0.6) is 0 Å². The Morgan fingerprint density at radius 2 is 2.41 bits per heavy atom. The van der Waals surface area contributed by atoms with Gasteiger partial charge in [0.25, 0.3) is 5.91 Å². The molecule has 0 saturated heterocycles. The van der Waals surface area contributed by atoms with Crippen molar-refractivity contribution in [2.75, 3.05) is 6.61 Å². The maximum absolute atomic E-state index is 11.8. The molecule has 0 spiro atoms. The number of carbonyl (C=O) groups is 1. The van der Waals surface area contributed by atoms with Gasteiger partial charge >= 0.3 is 0 Å². The van der Waals surface area contributed by atoms with Crippen LogP contribution in [0.4, 0.5) is 0 Å². The lowest BCUT2D eigenvalue weighted by Gasteiger charge is -2.12. The molecule has 0 aliphatic heterocycles. The molecule has 1 aromatic rings. The molecule has 1 heterocycles. The van der Waals surface area contributed by atoms with E-state index in [0.29, 0.717) is 18.0 Å². The van der Waals surface area contributed by atoms with Gasteiger partial charge in [-0.1, -0.05) is 0 Å². The lowest BCUT2D eigenvalue weighted by molar-refractivity contribution is 0.0929. The largest absolute Gasteiger partial charge is 0.396 e. The highest BCUT2D eigenvalue weighted by Gasteiger charge is 2.27. The minimum absolute atomic E-state index is 0.0492. The summed E-state index contributed by atoms with van der Waals surface area (Å²) in [6, 6.07) is 1.57. The number of aliphatic hydroxyl groups is 1. The second-order valence-electron chi connectivity index (χ2n) is 4.46. The minimum atomic E-state index is -0.199. The van der Waals surface area contributed by atoms with Crippen LogP contribution in [-0.4, -0.2) is 33.6 Å². The molecule has 5 nitrogen and oxygen atoms in total. The van der Waals surface area contributed by atoms with Gasteiger partial charge < -0.3 is 10.4 Å². The molecule has 2 N–H and O–H groups in total. The van der Waals surface area contributed by atoms with Crippen molar-refractivity contribution in [2.45, 2.75) is 38.1 Å². The van der Waals surface area contributed by atoms with E-state index in [4.69, 9.17) is 5.11 Å². The molecule has 1 aliphatic rings. The van der Waals surface area contributed by atoms with E-state index in [2.05, 4.69) is 15.3 Å². The van der Waals surface area contributed by atoms with Crippen LogP contribution in [0.25, 0.3) is 0 Å². The van der Waals surface area contributed by atoms with Gasteiger partial charge in [0, 0.05) is 24.8 Å². The fourth-order valence-corrected chi connectivity index (χ4v) is 1.60. The Bertz CT molecular complexity index is 404. The lowest BCUT2D eigenvalue weighted by Crippen LogP contribution is -2.33. The Balaban J connectivity index is 2.00. The van der Waals surface area contributed by atoms with E-state index in [1.165, 1.54) is 0 Å². The summed E-state index contributed by atoms with van der Waals surface area (Å²) >= 11 is 0. The van der Waals surface area contributed by atoms with Crippen LogP contribution >= 0.6 is 0 Å². The van der Waals surface area contributed by atoms with E-state index in [1.54, 1.807) is 12.3 Å². The van der Waals surface area contributed by atoms with Gasteiger partial charge in [-0.25, -0.2) is 9.97 Å². The molecule has 2 rings (SSSR count). The van der Waals surface area contributed by atoms with E-state index in [0.717, 1.165) is 18.7 Å². The quantitative estimate of drug-likeness (QED) is 0.793. The smallest absolute Gasteiger partial charge is 0.270 e. The summed E-state index contributed by atoms with van der Waals surface area (Å²) in [6.07, 6.45) is 4.41. The first kappa shape index (κ1) is 12.0. The number of aliphatic hydroxyl groups excluding tert-OH is 1. The fourth-order valence-electron chi connectivity index (χ4n) is 1.60. The number of carbonyl (C=O) groups excluding carboxylic acids is 1. The van der Waals surface area contributed by atoms with Gasteiger partial charge in [0.2, 0.25) is 0 Å². The third-order valence-electron chi connectivity index (χ3n) is 2.79. The Labute approximate surface area is 100 Å². The first-order chi connectivity index (χ1) is 8.20. The van der Waals surface area contributed by atoms with Crippen molar-refractivity contribution in [3.05, 3.63) is 23.8 Å². The number of nitrogens with one attached hydrogen (secondary N) is 1. The number of amides is 1. The maximum atomic E-state index is 11.8. The first-order valence-electron chi connectivity index (χ1n) is 5.95. The Morgan fingerprint density at radius 1 is 1.65 bits per heavy atom. The van der Waals surface area contributed by atoms with Crippen LogP contribution in [-0.2, 0) is 0 Å². The van der Waals surface area contributed by atoms with Crippen molar-refractivity contribution in [3.8, 4) is 0 Å². The van der Waals surface area contributed by atoms with Gasteiger partial charge in [-0.15, -0.1) is 0 Å². The summed E-state index contributed by atoms with van der Waals surface area (Å²) in [4.78, 5) is 20.3. The predicted molar refractivity (Wildman–Crippen MR) is 62.6 cm³/mol. The zero-order valence-corrected chi connectivity index (χ0v) is 9.89. The molecule has 92 valence electrons. The molecule has 1 atom stereocenters. The summed E-state index contributed by atoms with van der Waals surface area (Å²) in [5, 5.41) is 11.6. The summed E-state index contributed by atoms with van der Waals surface area (Å²) in [5.74, 6) is 1.01. The van der Waals surface area contributed by atoms with Crippen LogP contribution in [0.2, 0.25) is 0 Å². The molecular weight excluding hydrogens is 218 g/mol. The van der Waals surface area contributed by atoms with Crippen molar-refractivity contribution in [3.63, 3.8) is 0 Å². The summed E-state index contributed by atoms with van der Waals surface area (Å²) in [6.45, 7) is 1.93. The highest BCUT2D eigenvalue weighted by Crippen LogP contribution is 2.37. The second kappa shape index (κ2) is 5.23. The average molecular weight is 235 g/mol. The fraction of sp³-hybridized carbons (Fsp3) is 0.583. The van der Waals surface area contributed by atoms with Crippen LogP contribution in [0.3, 0.4) is 0 Å². The topological polar surface area (TPSA) is 75.1 Å². The van der Waals surface area contributed by atoms with E-state index in [-0.39, 0.29) is 18.6 Å². The molecular formula is C12H17N3O2. The summed E-state index contributed by atoms with van der Waals surface area (Å²) in [7, 11) is 0. The van der Waals surface area contributed by atoms with Gasteiger partial charge in [0.15, 0.2) is 0 Å². The molecule has 1 fully saturated rings. The molecule has 1 unspecified atom stereocenters. The normalized spacial score (nSPS) is 16.6. The van der Waals surface area contributed by atoms with Crippen LogP contribution < -0.4 is 5.32 Å². The number of aromatic nitrogens is 2. The summed E-state index contributed by atoms with van der Waals surface area (Å²) < 4.78 is 0. The zero-order chi connectivity index (χ0) is 12.3. The van der Waals surface area contributed by atoms with Crippen LogP contribution in [0, 0.1) is 0 Å². The molecule has 5 heteroatoms. The van der Waals surface area contributed by atoms with E-state index < -0.39 is 0 Å². The molecule has 1 aromatic heterocycles.